The third-order valence-electron chi connectivity index (χ3n) is 7.42. The van der Waals surface area contributed by atoms with Crippen molar-refractivity contribution in [3.8, 4) is 0 Å². The van der Waals surface area contributed by atoms with Gasteiger partial charge in [0.05, 0.1) is 0 Å². The van der Waals surface area contributed by atoms with Crippen LogP contribution in [0, 0.1) is 27.9 Å². The Morgan fingerprint density at radius 2 is 1.06 bits per heavy atom. The van der Waals surface area contributed by atoms with Gasteiger partial charge in [0.1, 0.15) is 0 Å². The predicted molar refractivity (Wildman–Crippen MR) is 160 cm³/mol. The van der Waals surface area contributed by atoms with Gasteiger partial charge >= 0.3 is 228 Å². The SMILES string of the molecule is CCC(C)(C)c1ccc(I(OS(=O)(=O)c2c(C)cc(C)cc2C)c2ccc(C(C)(C)CC)cc2)cc1. The van der Waals surface area contributed by atoms with Crippen LogP contribution in [-0.2, 0) is 23.5 Å². The molecule has 0 aliphatic carbocycles. The second kappa shape index (κ2) is 11.0. The van der Waals surface area contributed by atoms with Gasteiger partial charge in [-0.3, -0.25) is 0 Å². The van der Waals surface area contributed by atoms with Crippen molar-refractivity contribution >= 4 is 30.4 Å². The van der Waals surface area contributed by atoms with Gasteiger partial charge in [-0.1, -0.05) is 0 Å². The fourth-order valence-electron chi connectivity index (χ4n) is 4.31. The average Bonchev–Trinajstić information content (AvgIpc) is 2.82. The number of benzene rings is 3. The first kappa shape index (κ1) is 28.9. The van der Waals surface area contributed by atoms with Gasteiger partial charge in [-0.15, -0.1) is 0 Å². The molecular formula is C31H41IO3S. The van der Waals surface area contributed by atoms with Crippen molar-refractivity contribution in [1.82, 2.24) is 0 Å². The Hall–Kier alpha value is -1.70. The van der Waals surface area contributed by atoms with Gasteiger partial charge in [0.2, 0.25) is 0 Å². The predicted octanol–water partition coefficient (Wildman–Crippen LogP) is 8.85. The van der Waals surface area contributed by atoms with Crippen LogP contribution in [0.4, 0.5) is 0 Å². The number of halogens is 1. The summed E-state index contributed by atoms with van der Waals surface area (Å²) >= 11 is -2.79. The number of hydrogen-bond acceptors (Lipinski definition) is 3. The standard InChI is InChI=1S/C31H41IO3S/c1-10-30(6,7)25-12-16-27(17-13-25)32(28-18-14-26(15-19-28)31(8,9)11-2)35-36(33,34)29-23(4)20-22(3)21-24(29)5/h12-21H,10-11H2,1-9H3. The van der Waals surface area contributed by atoms with Gasteiger partial charge in [0, 0.05) is 0 Å². The fourth-order valence-corrected chi connectivity index (χ4v) is 11.5. The van der Waals surface area contributed by atoms with Crippen molar-refractivity contribution in [2.24, 2.45) is 0 Å². The molecule has 3 aromatic carbocycles. The molecule has 0 aromatic heterocycles. The topological polar surface area (TPSA) is 43.4 Å². The summed E-state index contributed by atoms with van der Waals surface area (Å²) in [6.45, 7) is 19.0. The molecule has 0 aliphatic rings. The second-order valence-electron chi connectivity index (χ2n) is 11.0. The molecule has 0 saturated carbocycles. The van der Waals surface area contributed by atoms with Gasteiger partial charge in [0.25, 0.3) is 0 Å². The van der Waals surface area contributed by atoms with Crippen molar-refractivity contribution in [2.45, 2.75) is 90.9 Å². The molecule has 0 spiro atoms. The molecule has 0 heterocycles. The molecule has 0 saturated heterocycles. The molecule has 3 nitrogen and oxygen atoms in total. The Labute approximate surface area is 226 Å². The molecular weight excluding hydrogens is 579 g/mol. The van der Waals surface area contributed by atoms with Crippen LogP contribution < -0.4 is 0 Å². The summed E-state index contributed by atoms with van der Waals surface area (Å²) in [5.41, 5.74) is 5.12. The van der Waals surface area contributed by atoms with Gasteiger partial charge in [-0.05, 0) is 0 Å². The summed E-state index contributed by atoms with van der Waals surface area (Å²) in [5, 5.41) is 0. The summed E-state index contributed by atoms with van der Waals surface area (Å²) < 4.78 is 35.6. The van der Waals surface area contributed by atoms with E-state index in [1.54, 1.807) is 0 Å². The normalized spacial score (nSPS) is 13.1. The summed E-state index contributed by atoms with van der Waals surface area (Å²) in [6.07, 6.45) is 2.06. The molecule has 0 amide bonds. The Balaban J connectivity index is 2.10. The summed E-state index contributed by atoms with van der Waals surface area (Å²) in [5.74, 6) is 0. The van der Waals surface area contributed by atoms with E-state index >= 15 is 0 Å². The maximum absolute atomic E-state index is 13.7. The number of rotatable bonds is 9. The zero-order valence-corrected chi connectivity index (χ0v) is 26.2. The van der Waals surface area contributed by atoms with E-state index in [-0.39, 0.29) is 10.8 Å². The molecule has 196 valence electrons. The van der Waals surface area contributed by atoms with Gasteiger partial charge < -0.3 is 0 Å². The van der Waals surface area contributed by atoms with E-state index in [1.165, 1.54) is 11.1 Å². The first-order valence-electron chi connectivity index (χ1n) is 12.7. The third kappa shape index (κ3) is 6.22. The first-order chi connectivity index (χ1) is 16.7. The van der Waals surface area contributed by atoms with Gasteiger partial charge in [-0.2, -0.15) is 0 Å². The number of aryl methyl sites for hydroxylation is 3. The third-order valence-corrected chi connectivity index (χ3v) is 15.1. The molecule has 0 atom stereocenters. The molecule has 0 N–H and O–H groups in total. The monoisotopic (exact) mass is 620 g/mol. The van der Waals surface area contributed by atoms with Crippen LogP contribution in [0.2, 0.25) is 0 Å². The molecule has 3 rings (SSSR count). The minimum absolute atomic E-state index is 0.0635. The van der Waals surface area contributed by atoms with E-state index in [2.05, 4.69) is 90.1 Å². The van der Waals surface area contributed by atoms with Crippen molar-refractivity contribution in [3.63, 3.8) is 0 Å². The molecule has 0 aliphatic heterocycles. The van der Waals surface area contributed by atoms with Crippen molar-refractivity contribution in [2.75, 3.05) is 0 Å². The molecule has 36 heavy (non-hydrogen) atoms. The zero-order chi connectivity index (χ0) is 26.9. The van der Waals surface area contributed by atoms with Crippen LogP contribution >= 0.6 is 20.2 Å². The average molecular weight is 621 g/mol. The van der Waals surface area contributed by atoms with E-state index < -0.39 is 30.4 Å². The quantitative estimate of drug-likeness (QED) is 0.225. The fraction of sp³-hybridized carbons (Fsp3) is 0.419. The van der Waals surface area contributed by atoms with Crippen LogP contribution in [0.3, 0.4) is 0 Å². The van der Waals surface area contributed by atoms with Crippen molar-refractivity contribution in [3.05, 3.63) is 95.6 Å². The van der Waals surface area contributed by atoms with Gasteiger partial charge in [-0.25, -0.2) is 0 Å². The molecule has 0 fully saturated rings. The van der Waals surface area contributed by atoms with E-state index in [0.717, 1.165) is 36.7 Å². The maximum atomic E-state index is 13.7. The molecule has 0 unspecified atom stereocenters. The molecule has 0 bridgehead atoms. The summed E-state index contributed by atoms with van der Waals surface area (Å²) in [7, 11) is -3.95. The Morgan fingerprint density at radius 3 is 1.39 bits per heavy atom. The van der Waals surface area contributed by atoms with Crippen molar-refractivity contribution in [1.29, 1.82) is 0 Å². The first-order valence-corrected chi connectivity index (χ1v) is 17.1. The minimum atomic E-state index is -3.95. The Morgan fingerprint density at radius 1 is 0.694 bits per heavy atom. The zero-order valence-electron chi connectivity index (χ0n) is 23.2. The second-order valence-corrected chi connectivity index (χ2v) is 17.4. The summed E-state index contributed by atoms with van der Waals surface area (Å²) in [4.78, 5) is 0.294. The van der Waals surface area contributed by atoms with E-state index in [9.17, 15) is 8.42 Å². The summed E-state index contributed by atoms with van der Waals surface area (Å²) in [6, 6.07) is 20.7. The van der Waals surface area contributed by atoms with Gasteiger partial charge in [0.15, 0.2) is 0 Å². The Kier molecular flexibility index (Phi) is 8.79. The van der Waals surface area contributed by atoms with Crippen LogP contribution in [0.1, 0.15) is 82.2 Å². The molecule has 3 aromatic rings. The molecule has 0 radical (unpaired) electrons. The van der Waals surface area contributed by atoms with Crippen LogP contribution in [-0.4, -0.2) is 8.42 Å². The van der Waals surface area contributed by atoms with Crippen LogP contribution in [0.5, 0.6) is 0 Å². The van der Waals surface area contributed by atoms with E-state index in [4.69, 9.17) is 2.51 Å². The van der Waals surface area contributed by atoms with Crippen LogP contribution in [0.25, 0.3) is 0 Å². The van der Waals surface area contributed by atoms with Crippen molar-refractivity contribution < 1.29 is 10.9 Å². The van der Waals surface area contributed by atoms with E-state index in [0.29, 0.717) is 4.90 Å². The number of hydrogen-bond donors (Lipinski definition) is 0. The van der Waals surface area contributed by atoms with E-state index in [1.807, 2.05) is 32.9 Å². The van der Waals surface area contributed by atoms with Crippen LogP contribution in [0.15, 0.2) is 65.6 Å². The Bertz CT molecular complexity index is 1220. The molecule has 5 heteroatoms.